The summed E-state index contributed by atoms with van der Waals surface area (Å²) < 4.78 is 4.19. The number of benzene rings is 1. The number of hydrogen-bond acceptors (Lipinski definition) is 6. The molecule has 1 aromatic carbocycles. The number of aliphatic hydroxyl groups is 1. The van der Waals surface area contributed by atoms with Crippen LogP contribution in [-0.2, 0) is 20.6 Å². The molecule has 9 heteroatoms. The average Bonchev–Trinajstić information content (AvgIpc) is 3.13. The van der Waals surface area contributed by atoms with Gasteiger partial charge in [-0.15, -0.1) is 0 Å². The lowest BCUT2D eigenvalue weighted by molar-refractivity contribution is 0.135. The summed E-state index contributed by atoms with van der Waals surface area (Å²) in [5.74, 6) is 0.164. The van der Waals surface area contributed by atoms with Crippen molar-refractivity contribution in [2.45, 2.75) is 39.0 Å². The van der Waals surface area contributed by atoms with E-state index in [1.54, 1.807) is 43.1 Å². The van der Waals surface area contributed by atoms with Crippen LogP contribution in [0.1, 0.15) is 30.6 Å². The lowest BCUT2D eigenvalue weighted by Gasteiger charge is -2.21. The van der Waals surface area contributed by atoms with Gasteiger partial charge in [-0.05, 0) is 44.0 Å². The van der Waals surface area contributed by atoms with E-state index in [-0.39, 0.29) is 17.4 Å². The lowest BCUT2D eigenvalue weighted by atomic mass is 10.0. The summed E-state index contributed by atoms with van der Waals surface area (Å²) in [5, 5.41) is 23.6. The van der Waals surface area contributed by atoms with Gasteiger partial charge in [-0.1, -0.05) is 12.1 Å². The van der Waals surface area contributed by atoms with Crippen LogP contribution in [0.15, 0.2) is 34.1 Å². The molecule has 3 rings (SSSR count). The van der Waals surface area contributed by atoms with Gasteiger partial charge in [-0.3, -0.25) is 13.9 Å². The molecule has 0 aliphatic heterocycles. The van der Waals surface area contributed by atoms with Crippen LogP contribution in [0.4, 0.5) is 0 Å². The second-order valence-electron chi connectivity index (χ2n) is 7.40. The largest absolute Gasteiger partial charge is 0.508 e. The first-order valence-electron chi connectivity index (χ1n) is 9.54. The molecule has 9 nitrogen and oxygen atoms in total. The average molecular weight is 401 g/mol. The normalized spacial score (nSPS) is 13.7. The third kappa shape index (κ3) is 3.96. The SMILES string of the molecule is Cc1ccc(C(O)C(C)NCCCn2cnc3c2c(=O)n(C)c(=O)n3C)cc1O. The highest BCUT2D eigenvalue weighted by molar-refractivity contribution is 5.69. The smallest absolute Gasteiger partial charge is 0.332 e. The first-order chi connectivity index (χ1) is 13.7. The van der Waals surface area contributed by atoms with Crippen LogP contribution in [-0.4, -0.2) is 41.5 Å². The van der Waals surface area contributed by atoms with Crippen LogP contribution in [0.5, 0.6) is 5.75 Å². The Hall–Kier alpha value is -2.91. The highest BCUT2D eigenvalue weighted by Crippen LogP contribution is 2.24. The van der Waals surface area contributed by atoms with Crippen LogP contribution in [0, 0.1) is 6.92 Å². The minimum Gasteiger partial charge on any atom is -0.508 e. The minimum absolute atomic E-state index is 0.164. The van der Waals surface area contributed by atoms with Gasteiger partial charge < -0.3 is 20.1 Å². The molecule has 2 aromatic heterocycles. The molecule has 2 atom stereocenters. The van der Waals surface area contributed by atoms with Crippen LogP contribution >= 0.6 is 0 Å². The Bertz CT molecular complexity index is 1140. The fraction of sp³-hybridized carbons (Fsp3) is 0.450. The standard InChI is InChI=1S/C20H27N5O4/c1-12-6-7-14(10-15(12)26)17(27)13(2)21-8-5-9-25-11-22-18-16(25)19(28)24(4)20(29)23(18)3/h6-7,10-11,13,17,21,26-27H,5,8-9H2,1-4H3. The number of nitrogens with one attached hydrogen (secondary N) is 1. The second kappa shape index (κ2) is 8.22. The molecule has 156 valence electrons. The Morgan fingerprint density at radius 3 is 2.62 bits per heavy atom. The number of phenols is 1. The summed E-state index contributed by atoms with van der Waals surface area (Å²) in [6, 6.07) is 4.94. The zero-order valence-electron chi connectivity index (χ0n) is 17.1. The van der Waals surface area contributed by atoms with Crippen LogP contribution < -0.4 is 16.6 Å². The van der Waals surface area contributed by atoms with Crippen molar-refractivity contribution in [3.8, 4) is 5.75 Å². The Labute approximate surface area is 167 Å². The quantitative estimate of drug-likeness (QED) is 0.498. The maximum Gasteiger partial charge on any atom is 0.332 e. The van der Waals surface area contributed by atoms with E-state index in [9.17, 15) is 19.8 Å². The minimum atomic E-state index is -0.752. The molecule has 0 radical (unpaired) electrons. The number of aryl methyl sites for hydroxylation is 3. The predicted octanol–water partition coefficient (Wildman–Crippen LogP) is 0.550. The number of fused-ring (bicyclic) bond motifs is 1. The van der Waals surface area contributed by atoms with Gasteiger partial charge in [0.25, 0.3) is 5.56 Å². The van der Waals surface area contributed by atoms with E-state index in [2.05, 4.69) is 10.3 Å². The Balaban J connectivity index is 1.63. The third-order valence-corrected chi connectivity index (χ3v) is 5.31. The van der Waals surface area contributed by atoms with Crippen molar-refractivity contribution in [1.82, 2.24) is 24.0 Å². The molecule has 0 aliphatic rings. The van der Waals surface area contributed by atoms with Gasteiger partial charge in [-0.25, -0.2) is 9.78 Å². The second-order valence-corrected chi connectivity index (χ2v) is 7.40. The summed E-state index contributed by atoms with van der Waals surface area (Å²) in [5.41, 5.74) is 1.42. The number of nitrogens with zero attached hydrogens (tertiary/aromatic N) is 4. The topological polar surface area (TPSA) is 114 Å². The van der Waals surface area contributed by atoms with Crippen molar-refractivity contribution in [1.29, 1.82) is 0 Å². The molecule has 0 saturated carbocycles. The third-order valence-electron chi connectivity index (χ3n) is 5.31. The molecular weight excluding hydrogens is 374 g/mol. The molecule has 0 bridgehead atoms. The van der Waals surface area contributed by atoms with Gasteiger partial charge in [0.05, 0.1) is 12.4 Å². The Morgan fingerprint density at radius 1 is 1.21 bits per heavy atom. The van der Waals surface area contributed by atoms with E-state index >= 15 is 0 Å². The molecule has 3 aromatic rings. The van der Waals surface area contributed by atoms with Crippen LogP contribution in [0.3, 0.4) is 0 Å². The van der Waals surface area contributed by atoms with E-state index in [1.165, 1.54) is 11.6 Å². The lowest BCUT2D eigenvalue weighted by Crippen LogP contribution is -2.37. The number of hydrogen-bond donors (Lipinski definition) is 3. The summed E-state index contributed by atoms with van der Waals surface area (Å²) in [7, 11) is 3.05. The van der Waals surface area contributed by atoms with E-state index in [0.717, 1.165) is 10.1 Å². The van der Waals surface area contributed by atoms with Crippen molar-refractivity contribution in [2.75, 3.05) is 6.54 Å². The fourth-order valence-corrected chi connectivity index (χ4v) is 3.36. The Kier molecular flexibility index (Phi) is 5.90. The highest BCUT2D eigenvalue weighted by atomic mass is 16.3. The predicted molar refractivity (Wildman–Crippen MR) is 110 cm³/mol. The molecule has 0 spiro atoms. The zero-order chi connectivity index (χ0) is 21.3. The number of aliphatic hydroxyl groups excluding tert-OH is 1. The van der Waals surface area contributed by atoms with Gasteiger partial charge in [0.2, 0.25) is 0 Å². The van der Waals surface area contributed by atoms with Crippen LogP contribution in [0.25, 0.3) is 11.2 Å². The summed E-state index contributed by atoms with van der Waals surface area (Å²) >= 11 is 0. The van der Waals surface area contributed by atoms with E-state index in [0.29, 0.717) is 36.2 Å². The van der Waals surface area contributed by atoms with Gasteiger partial charge in [0.15, 0.2) is 11.2 Å². The Morgan fingerprint density at radius 2 is 1.93 bits per heavy atom. The maximum absolute atomic E-state index is 12.4. The van der Waals surface area contributed by atoms with Gasteiger partial charge in [0, 0.05) is 26.7 Å². The summed E-state index contributed by atoms with van der Waals surface area (Å²) in [6.07, 6.45) is 1.52. The van der Waals surface area contributed by atoms with Crippen molar-refractivity contribution in [3.05, 3.63) is 56.5 Å². The molecule has 3 N–H and O–H groups in total. The zero-order valence-corrected chi connectivity index (χ0v) is 17.1. The number of phenolic OH excluding ortho intramolecular Hbond substituents is 1. The van der Waals surface area contributed by atoms with Gasteiger partial charge >= 0.3 is 5.69 Å². The fourth-order valence-electron chi connectivity index (χ4n) is 3.36. The van der Waals surface area contributed by atoms with Gasteiger partial charge in [0.1, 0.15) is 5.75 Å². The monoisotopic (exact) mass is 401 g/mol. The molecule has 2 heterocycles. The molecule has 0 aliphatic carbocycles. The molecule has 0 saturated heterocycles. The number of rotatable bonds is 7. The van der Waals surface area contributed by atoms with Gasteiger partial charge in [-0.2, -0.15) is 0 Å². The molecule has 2 unspecified atom stereocenters. The maximum atomic E-state index is 12.4. The number of aromatic nitrogens is 4. The molecule has 0 fully saturated rings. The van der Waals surface area contributed by atoms with Crippen molar-refractivity contribution >= 4 is 11.2 Å². The summed E-state index contributed by atoms with van der Waals surface area (Å²) in [6.45, 7) is 4.84. The first-order valence-corrected chi connectivity index (χ1v) is 9.54. The van der Waals surface area contributed by atoms with Crippen molar-refractivity contribution < 1.29 is 10.2 Å². The molecular formula is C20H27N5O4. The van der Waals surface area contributed by atoms with E-state index in [4.69, 9.17) is 0 Å². The summed E-state index contributed by atoms with van der Waals surface area (Å²) in [4.78, 5) is 28.6. The van der Waals surface area contributed by atoms with Crippen LogP contribution in [0.2, 0.25) is 0 Å². The molecule has 29 heavy (non-hydrogen) atoms. The van der Waals surface area contributed by atoms with Crippen molar-refractivity contribution in [2.24, 2.45) is 14.1 Å². The number of aromatic hydroxyl groups is 1. The molecule has 0 amide bonds. The first kappa shape index (κ1) is 20.8. The highest BCUT2D eigenvalue weighted by Gasteiger charge is 2.17. The number of imidazole rings is 1. The van der Waals surface area contributed by atoms with Crippen molar-refractivity contribution in [3.63, 3.8) is 0 Å². The van der Waals surface area contributed by atoms with E-state index in [1.807, 2.05) is 6.92 Å². The van der Waals surface area contributed by atoms with E-state index < -0.39 is 11.8 Å².